The van der Waals surface area contributed by atoms with Crippen molar-refractivity contribution in [2.45, 2.75) is 40.0 Å². The first kappa shape index (κ1) is 28.2. The fourth-order valence-electron chi connectivity index (χ4n) is 3.68. The Morgan fingerprint density at radius 2 is 1.70 bits per heavy atom. The van der Waals surface area contributed by atoms with E-state index in [4.69, 9.17) is 0 Å². The van der Waals surface area contributed by atoms with Crippen LogP contribution in [0.4, 0.5) is 28.0 Å². The van der Waals surface area contributed by atoms with Crippen molar-refractivity contribution in [3.8, 4) is 0 Å². The van der Waals surface area contributed by atoms with Crippen molar-refractivity contribution in [1.29, 1.82) is 0 Å². The van der Waals surface area contributed by atoms with E-state index >= 15 is 0 Å². The second-order valence-corrected chi connectivity index (χ2v) is 10.2. The maximum absolute atomic E-state index is 13.5. The molecule has 0 aliphatic rings. The molecule has 1 heterocycles. The van der Waals surface area contributed by atoms with E-state index in [9.17, 15) is 27.2 Å². The summed E-state index contributed by atoms with van der Waals surface area (Å²) in [6.45, 7) is 6.17. The van der Waals surface area contributed by atoms with Crippen molar-refractivity contribution in [3.05, 3.63) is 87.4 Å². The molecule has 5 nitrogen and oxygen atoms in total. The second kappa shape index (κ2) is 12.2. The summed E-state index contributed by atoms with van der Waals surface area (Å²) < 4.78 is 52.7. The lowest BCUT2D eigenvalue weighted by atomic mass is 10.2. The number of benzene rings is 2. The topological polar surface area (TPSA) is 52.7 Å². The molecule has 3 amide bonds. The van der Waals surface area contributed by atoms with Crippen LogP contribution in [0.15, 0.2) is 60.0 Å². The number of alkyl halides is 3. The number of nitrogens with one attached hydrogen (secondary N) is 1. The number of aryl methyl sites for hydroxylation is 1. The molecule has 0 fully saturated rings. The fourth-order valence-corrected chi connectivity index (χ4v) is 4.60. The van der Waals surface area contributed by atoms with E-state index < -0.39 is 17.8 Å². The van der Waals surface area contributed by atoms with Crippen LogP contribution in [-0.4, -0.2) is 34.8 Å². The minimum atomic E-state index is -4.55. The van der Waals surface area contributed by atoms with Crippen LogP contribution in [0.1, 0.15) is 35.4 Å². The van der Waals surface area contributed by atoms with Gasteiger partial charge >= 0.3 is 12.2 Å². The van der Waals surface area contributed by atoms with Gasteiger partial charge in [-0.1, -0.05) is 32.0 Å². The Bertz CT molecular complexity index is 1210. The molecular formula is C27H29F4N3O2S. The number of hydrogen-bond acceptors (Lipinski definition) is 3. The third-order valence-corrected chi connectivity index (χ3v) is 6.59. The van der Waals surface area contributed by atoms with Crippen LogP contribution >= 0.6 is 11.3 Å². The van der Waals surface area contributed by atoms with Crippen molar-refractivity contribution in [1.82, 2.24) is 9.80 Å². The molecule has 1 aromatic heterocycles. The van der Waals surface area contributed by atoms with Gasteiger partial charge in [0, 0.05) is 23.7 Å². The number of nitrogens with zero attached hydrogens (tertiary/aromatic N) is 2. The van der Waals surface area contributed by atoms with Gasteiger partial charge in [-0.2, -0.15) is 13.2 Å². The molecule has 0 bridgehead atoms. The number of halogens is 4. The van der Waals surface area contributed by atoms with Gasteiger partial charge < -0.3 is 15.1 Å². The first-order chi connectivity index (χ1) is 17.4. The van der Waals surface area contributed by atoms with Gasteiger partial charge in [0.25, 0.3) is 0 Å². The number of carbonyl (C=O) groups is 2. The first-order valence-corrected chi connectivity index (χ1v) is 12.6. The van der Waals surface area contributed by atoms with Crippen LogP contribution in [0.5, 0.6) is 0 Å². The number of amides is 3. The zero-order chi connectivity index (χ0) is 27.2. The van der Waals surface area contributed by atoms with Crippen LogP contribution in [-0.2, 0) is 24.1 Å². The maximum Gasteiger partial charge on any atom is 0.416 e. The molecule has 2 aromatic carbocycles. The molecule has 37 heavy (non-hydrogen) atoms. The van der Waals surface area contributed by atoms with Crippen LogP contribution in [0.25, 0.3) is 0 Å². The molecular weight excluding hydrogens is 506 g/mol. The summed E-state index contributed by atoms with van der Waals surface area (Å²) in [6.07, 6.45) is -4.55. The number of carbonyl (C=O) groups excluding carboxylic acids is 2. The summed E-state index contributed by atoms with van der Waals surface area (Å²) in [4.78, 5) is 30.4. The largest absolute Gasteiger partial charge is 0.416 e. The average Bonchev–Trinajstić information content (AvgIpc) is 3.23. The lowest BCUT2D eigenvalue weighted by molar-refractivity contribution is -0.137. The van der Waals surface area contributed by atoms with Gasteiger partial charge in [0.15, 0.2) is 0 Å². The van der Waals surface area contributed by atoms with Gasteiger partial charge in [-0.3, -0.25) is 4.79 Å². The highest BCUT2D eigenvalue weighted by molar-refractivity contribution is 7.10. The van der Waals surface area contributed by atoms with Gasteiger partial charge in [0.1, 0.15) is 12.4 Å². The predicted molar refractivity (Wildman–Crippen MR) is 137 cm³/mol. The van der Waals surface area contributed by atoms with Crippen LogP contribution < -0.4 is 5.32 Å². The number of rotatable bonds is 9. The summed E-state index contributed by atoms with van der Waals surface area (Å²) in [7, 11) is 0. The maximum atomic E-state index is 13.5. The van der Waals surface area contributed by atoms with Gasteiger partial charge in [0.2, 0.25) is 5.91 Å². The van der Waals surface area contributed by atoms with Gasteiger partial charge in [0.05, 0.1) is 12.1 Å². The number of urea groups is 1. The quantitative estimate of drug-likeness (QED) is 0.302. The summed E-state index contributed by atoms with van der Waals surface area (Å²) in [5, 5.41) is 4.42. The lowest BCUT2D eigenvalue weighted by Gasteiger charge is -2.29. The summed E-state index contributed by atoms with van der Waals surface area (Å²) >= 11 is 1.51. The van der Waals surface area contributed by atoms with Crippen molar-refractivity contribution in [3.63, 3.8) is 0 Å². The molecule has 1 N–H and O–H groups in total. The minimum Gasteiger partial charge on any atom is -0.332 e. The van der Waals surface area contributed by atoms with E-state index in [0.717, 1.165) is 28.1 Å². The van der Waals surface area contributed by atoms with Crippen LogP contribution in [0, 0.1) is 18.7 Å². The Morgan fingerprint density at radius 3 is 2.30 bits per heavy atom. The number of hydrogen-bond donors (Lipinski definition) is 1. The molecule has 10 heteroatoms. The van der Waals surface area contributed by atoms with Crippen molar-refractivity contribution in [2.75, 3.05) is 18.4 Å². The highest BCUT2D eigenvalue weighted by atomic mass is 32.1. The Labute approximate surface area is 217 Å². The highest BCUT2D eigenvalue weighted by Gasteiger charge is 2.31. The standard InChI is InChI=1S/C27H29F4N3O2S/c1-18(2)14-34(26(36)32-23-6-4-5-21(13-23)27(29,30)31)17-25(35)33(16-24-19(3)11-12-37-24)15-20-7-9-22(28)10-8-20/h4-13,18H,14-17H2,1-3H3,(H,32,36). The highest BCUT2D eigenvalue weighted by Crippen LogP contribution is 2.30. The molecule has 0 unspecified atom stereocenters. The molecule has 0 spiro atoms. The molecule has 0 atom stereocenters. The number of anilines is 1. The predicted octanol–water partition coefficient (Wildman–Crippen LogP) is 6.93. The molecule has 3 rings (SSSR count). The second-order valence-electron chi connectivity index (χ2n) is 9.19. The Morgan fingerprint density at radius 1 is 1.00 bits per heavy atom. The van der Waals surface area contributed by atoms with E-state index in [1.807, 2.05) is 32.2 Å². The lowest BCUT2D eigenvalue weighted by Crippen LogP contribution is -2.45. The number of thiophene rings is 1. The Kier molecular flexibility index (Phi) is 9.31. The van der Waals surface area contributed by atoms with E-state index in [0.29, 0.717) is 6.54 Å². The van der Waals surface area contributed by atoms with E-state index in [1.54, 1.807) is 17.0 Å². The monoisotopic (exact) mass is 535 g/mol. The summed E-state index contributed by atoms with van der Waals surface area (Å²) in [5.74, 6) is -0.716. The molecule has 0 aliphatic heterocycles. The molecule has 0 saturated heterocycles. The fraction of sp³-hybridized carbons (Fsp3) is 0.333. The first-order valence-electron chi connectivity index (χ1n) is 11.7. The average molecular weight is 536 g/mol. The van der Waals surface area contributed by atoms with Crippen molar-refractivity contribution in [2.24, 2.45) is 5.92 Å². The van der Waals surface area contributed by atoms with Gasteiger partial charge in [-0.25, -0.2) is 9.18 Å². The molecule has 0 radical (unpaired) electrons. The molecule has 198 valence electrons. The van der Waals surface area contributed by atoms with Crippen molar-refractivity contribution < 1.29 is 27.2 Å². The normalized spacial score (nSPS) is 11.5. The van der Waals surface area contributed by atoms with E-state index in [1.165, 1.54) is 40.5 Å². The molecule has 0 saturated carbocycles. The van der Waals surface area contributed by atoms with E-state index in [2.05, 4.69) is 5.32 Å². The van der Waals surface area contributed by atoms with Crippen LogP contribution in [0.3, 0.4) is 0 Å². The van der Waals surface area contributed by atoms with E-state index in [-0.39, 0.29) is 43.0 Å². The zero-order valence-electron chi connectivity index (χ0n) is 20.8. The summed E-state index contributed by atoms with van der Waals surface area (Å²) in [6, 6.07) is 11.5. The van der Waals surface area contributed by atoms with Crippen molar-refractivity contribution >= 4 is 29.0 Å². The molecule has 3 aromatic rings. The summed E-state index contributed by atoms with van der Waals surface area (Å²) in [5.41, 5.74) is 0.864. The third kappa shape index (κ3) is 8.31. The minimum absolute atomic E-state index is 0.00477. The Hall–Kier alpha value is -3.40. The van der Waals surface area contributed by atoms with Gasteiger partial charge in [-0.05, 0) is 65.7 Å². The SMILES string of the molecule is Cc1ccsc1CN(Cc1ccc(F)cc1)C(=O)CN(CC(C)C)C(=O)Nc1cccc(C(F)(F)F)c1. The Balaban J connectivity index is 1.80. The zero-order valence-corrected chi connectivity index (χ0v) is 21.6. The molecule has 0 aliphatic carbocycles. The smallest absolute Gasteiger partial charge is 0.332 e. The van der Waals surface area contributed by atoms with Crippen LogP contribution in [0.2, 0.25) is 0 Å². The third-order valence-electron chi connectivity index (χ3n) is 5.58. The van der Waals surface area contributed by atoms with Gasteiger partial charge in [-0.15, -0.1) is 11.3 Å².